The van der Waals surface area contributed by atoms with Gasteiger partial charge in [0, 0.05) is 29.9 Å². The quantitative estimate of drug-likeness (QED) is 0.650. The highest BCUT2D eigenvalue weighted by atomic mass is 19.1. The standard InChI is InChI=1S/C15H15FN2O3/c1-2-21-15-8-7-12(9-13(15)16)17-10-11-5-3-4-6-14(11)18(19)20/h3-9,17H,2,10H2,1H3. The molecular formula is C15H15FN2O3. The van der Waals surface area contributed by atoms with E-state index >= 15 is 0 Å². The van der Waals surface area contributed by atoms with Crippen LogP contribution in [-0.2, 0) is 6.54 Å². The Balaban J connectivity index is 2.10. The maximum Gasteiger partial charge on any atom is 0.274 e. The van der Waals surface area contributed by atoms with Gasteiger partial charge in [-0.25, -0.2) is 4.39 Å². The number of nitrogens with zero attached hydrogens (tertiary/aromatic N) is 1. The van der Waals surface area contributed by atoms with Crippen molar-refractivity contribution < 1.29 is 14.1 Å². The third-order valence-corrected chi connectivity index (χ3v) is 2.90. The molecule has 0 atom stereocenters. The Hall–Kier alpha value is -2.63. The molecule has 1 N–H and O–H groups in total. The van der Waals surface area contributed by atoms with Crippen LogP contribution in [0.4, 0.5) is 15.8 Å². The van der Waals surface area contributed by atoms with Crippen LogP contribution in [0.5, 0.6) is 5.75 Å². The van der Waals surface area contributed by atoms with Crippen molar-refractivity contribution in [1.82, 2.24) is 0 Å². The molecule has 2 aromatic carbocycles. The van der Waals surface area contributed by atoms with E-state index in [4.69, 9.17) is 4.74 Å². The normalized spacial score (nSPS) is 10.2. The Morgan fingerprint density at radius 1 is 1.29 bits per heavy atom. The van der Waals surface area contributed by atoms with E-state index in [1.807, 2.05) is 0 Å². The van der Waals surface area contributed by atoms with Crippen LogP contribution in [0.15, 0.2) is 42.5 Å². The van der Waals surface area contributed by atoms with E-state index in [2.05, 4.69) is 5.32 Å². The molecule has 0 saturated carbocycles. The lowest BCUT2D eigenvalue weighted by molar-refractivity contribution is -0.385. The SMILES string of the molecule is CCOc1ccc(NCc2ccccc2[N+](=O)[O-])cc1F. The third kappa shape index (κ3) is 3.68. The number of anilines is 1. The molecule has 0 radical (unpaired) electrons. The predicted molar refractivity (Wildman–Crippen MR) is 78.0 cm³/mol. The minimum Gasteiger partial charge on any atom is -0.491 e. The number of hydrogen-bond donors (Lipinski definition) is 1. The predicted octanol–water partition coefficient (Wildman–Crippen LogP) is 3.74. The van der Waals surface area contributed by atoms with E-state index in [1.165, 1.54) is 18.2 Å². The lowest BCUT2D eigenvalue weighted by atomic mass is 10.1. The zero-order valence-electron chi connectivity index (χ0n) is 11.5. The molecule has 2 aromatic rings. The van der Waals surface area contributed by atoms with Gasteiger partial charge in [0.2, 0.25) is 0 Å². The van der Waals surface area contributed by atoms with E-state index in [0.29, 0.717) is 17.9 Å². The Labute approximate surface area is 121 Å². The number of nitro benzene ring substituents is 1. The minimum absolute atomic E-state index is 0.0383. The summed E-state index contributed by atoms with van der Waals surface area (Å²) in [7, 11) is 0. The lowest BCUT2D eigenvalue weighted by Crippen LogP contribution is -2.03. The monoisotopic (exact) mass is 290 g/mol. The number of benzene rings is 2. The van der Waals surface area contributed by atoms with Gasteiger partial charge >= 0.3 is 0 Å². The van der Waals surface area contributed by atoms with Gasteiger partial charge in [0.15, 0.2) is 11.6 Å². The van der Waals surface area contributed by atoms with Crippen LogP contribution in [0.1, 0.15) is 12.5 Å². The number of para-hydroxylation sites is 1. The molecule has 0 spiro atoms. The Morgan fingerprint density at radius 2 is 2.05 bits per heavy atom. The van der Waals surface area contributed by atoms with Gasteiger partial charge in [0.25, 0.3) is 5.69 Å². The average molecular weight is 290 g/mol. The Kier molecular flexibility index (Phi) is 4.71. The summed E-state index contributed by atoms with van der Waals surface area (Å²) in [6.45, 7) is 2.41. The van der Waals surface area contributed by atoms with E-state index in [-0.39, 0.29) is 18.0 Å². The topological polar surface area (TPSA) is 64.4 Å². The first kappa shape index (κ1) is 14.8. The molecular weight excluding hydrogens is 275 g/mol. The van der Waals surface area contributed by atoms with Crippen LogP contribution in [-0.4, -0.2) is 11.5 Å². The Morgan fingerprint density at radius 3 is 2.71 bits per heavy atom. The van der Waals surface area contributed by atoms with Crippen molar-refractivity contribution in [1.29, 1.82) is 0 Å². The van der Waals surface area contributed by atoms with Gasteiger partial charge < -0.3 is 10.1 Å². The van der Waals surface area contributed by atoms with Crippen molar-refractivity contribution in [3.8, 4) is 5.75 Å². The van der Waals surface area contributed by atoms with E-state index in [1.54, 1.807) is 31.2 Å². The zero-order valence-corrected chi connectivity index (χ0v) is 11.5. The van der Waals surface area contributed by atoms with Crippen LogP contribution in [0, 0.1) is 15.9 Å². The highest BCUT2D eigenvalue weighted by Gasteiger charge is 2.12. The molecule has 0 aliphatic heterocycles. The number of hydrogen-bond acceptors (Lipinski definition) is 4. The lowest BCUT2D eigenvalue weighted by Gasteiger charge is -2.09. The highest BCUT2D eigenvalue weighted by molar-refractivity contribution is 5.49. The number of rotatable bonds is 6. The molecule has 110 valence electrons. The maximum absolute atomic E-state index is 13.7. The molecule has 21 heavy (non-hydrogen) atoms. The highest BCUT2D eigenvalue weighted by Crippen LogP contribution is 2.23. The summed E-state index contributed by atoms with van der Waals surface area (Å²) in [6.07, 6.45) is 0. The summed E-state index contributed by atoms with van der Waals surface area (Å²) in [5.41, 5.74) is 1.11. The molecule has 0 aliphatic carbocycles. The number of nitro groups is 1. The van der Waals surface area contributed by atoms with Gasteiger partial charge in [0.05, 0.1) is 11.5 Å². The molecule has 0 fully saturated rings. The van der Waals surface area contributed by atoms with E-state index in [0.717, 1.165) is 0 Å². The van der Waals surface area contributed by atoms with Gasteiger partial charge in [-0.1, -0.05) is 18.2 Å². The summed E-state index contributed by atoms with van der Waals surface area (Å²) in [5.74, 6) is -0.279. The first-order chi connectivity index (χ1) is 10.1. The van der Waals surface area contributed by atoms with Gasteiger partial charge in [0.1, 0.15) is 0 Å². The third-order valence-electron chi connectivity index (χ3n) is 2.90. The van der Waals surface area contributed by atoms with Gasteiger partial charge in [-0.3, -0.25) is 10.1 Å². The summed E-state index contributed by atoms with van der Waals surface area (Å²) in [5, 5.41) is 13.9. The molecule has 6 heteroatoms. The van der Waals surface area contributed by atoms with Crippen molar-refractivity contribution >= 4 is 11.4 Å². The molecule has 0 bridgehead atoms. The van der Waals surface area contributed by atoms with Crippen molar-refractivity contribution in [2.75, 3.05) is 11.9 Å². The van der Waals surface area contributed by atoms with Crippen LogP contribution in [0.3, 0.4) is 0 Å². The fourth-order valence-corrected chi connectivity index (χ4v) is 1.92. The molecule has 2 rings (SSSR count). The molecule has 0 saturated heterocycles. The molecule has 0 heterocycles. The van der Waals surface area contributed by atoms with Crippen LogP contribution >= 0.6 is 0 Å². The van der Waals surface area contributed by atoms with Crippen LogP contribution < -0.4 is 10.1 Å². The van der Waals surface area contributed by atoms with E-state index < -0.39 is 10.7 Å². The first-order valence-corrected chi connectivity index (χ1v) is 6.50. The Bertz CT molecular complexity index is 647. The summed E-state index contributed by atoms with van der Waals surface area (Å²) in [6, 6.07) is 10.9. The summed E-state index contributed by atoms with van der Waals surface area (Å²) < 4.78 is 18.8. The van der Waals surface area contributed by atoms with Crippen molar-refractivity contribution in [3.63, 3.8) is 0 Å². The maximum atomic E-state index is 13.7. The largest absolute Gasteiger partial charge is 0.491 e. The van der Waals surface area contributed by atoms with Gasteiger partial charge in [-0.15, -0.1) is 0 Å². The zero-order chi connectivity index (χ0) is 15.2. The van der Waals surface area contributed by atoms with Crippen LogP contribution in [0.2, 0.25) is 0 Å². The fraction of sp³-hybridized carbons (Fsp3) is 0.200. The second-order valence-corrected chi connectivity index (χ2v) is 4.32. The molecule has 0 aliphatic rings. The van der Waals surface area contributed by atoms with Crippen molar-refractivity contribution in [3.05, 3.63) is 64.0 Å². The number of nitrogens with one attached hydrogen (secondary N) is 1. The fourth-order valence-electron chi connectivity index (χ4n) is 1.92. The summed E-state index contributed by atoms with van der Waals surface area (Å²) >= 11 is 0. The molecule has 5 nitrogen and oxygen atoms in total. The first-order valence-electron chi connectivity index (χ1n) is 6.50. The van der Waals surface area contributed by atoms with Gasteiger partial charge in [-0.05, 0) is 19.1 Å². The van der Waals surface area contributed by atoms with Crippen molar-refractivity contribution in [2.45, 2.75) is 13.5 Å². The van der Waals surface area contributed by atoms with Crippen LogP contribution in [0.25, 0.3) is 0 Å². The molecule has 0 amide bonds. The summed E-state index contributed by atoms with van der Waals surface area (Å²) in [4.78, 5) is 10.5. The number of halogens is 1. The molecule has 0 aromatic heterocycles. The van der Waals surface area contributed by atoms with Gasteiger partial charge in [-0.2, -0.15) is 0 Å². The van der Waals surface area contributed by atoms with Crippen molar-refractivity contribution in [2.24, 2.45) is 0 Å². The smallest absolute Gasteiger partial charge is 0.274 e. The number of ether oxygens (including phenoxy) is 1. The average Bonchev–Trinajstić information content (AvgIpc) is 2.48. The second-order valence-electron chi connectivity index (χ2n) is 4.32. The second kappa shape index (κ2) is 6.69. The molecule has 0 unspecified atom stereocenters. The minimum atomic E-state index is -0.468. The van der Waals surface area contributed by atoms with E-state index in [9.17, 15) is 14.5 Å².